The van der Waals surface area contributed by atoms with E-state index < -0.39 is 12.2 Å². The molecule has 0 aliphatic heterocycles. The Kier molecular flexibility index (Phi) is 4.32. The van der Waals surface area contributed by atoms with E-state index in [1.54, 1.807) is 18.2 Å². The van der Waals surface area contributed by atoms with Crippen LogP contribution in [0.25, 0.3) is 27.8 Å². The van der Waals surface area contributed by atoms with Crippen molar-refractivity contribution in [3.63, 3.8) is 0 Å². The normalized spacial score (nSPS) is 11.6. The van der Waals surface area contributed by atoms with Gasteiger partial charge in [0, 0.05) is 16.1 Å². The number of hydrogen-bond acceptors (Lipinski definition) is 4. The number of furan rings is 1. The molecule has 0 unspecified atom stereocenters. The van der Waals surface area contributed by atoms with Crippen molar-refractivity contribution in [2.45, 2.75) is 6.61 Å². The Morgan fingerprint density at radius 1 is 1.19 bits per heavy atom. The molecule has 0 saturated heterocycles. The highest BCUT2D eigenvalue weighted by Crippen LogP contribution is 2.36. The maximum absolute atomic E-state index is 12.9. The molecule has 5 nitrogen and oxygen atoms in total. The van der Waals surface area contributed by atoms with Crippen LogP contribution in [0.3, 0.4) is 0 Å². The van der Waals surface area contributed by atoms with Gasteiger partial charge in [0.25, 0.3) is 5.56 Å². The summed E-state index contributed by atoms with van der Waals surface area (Å²) in [6.07, 6.45) is 0. The minimum atomic E-state index is -2.93. The number of rotatable bonds is 3. The van der Waals surface area contributed by atoms with Crippen molar-refractivity contribution in [2.24, 2.45) is 0 Å². The van der Waals surface area contributed by atoms with Gasteiger partial charge in [-0.05, 0) is 58.4 Å². The molecular formula is C18H10BrClF2N2O3. The first-order chi connectivity index (χ1) is 12.9. The van der Waals surface area contributed by atoms with E-state index in [-0.39, 0.29) is 15.9 Å². The first-order valence-corrected chi connectivity index (χ1v) is 8.81. The zero-order chi connectivity index (χ0) is 19.3. The molecule has 2 aromatic heterocycles. The fraction of sp³-hybridized carbons (Fsp3) is 0.0556. The quantitative estimate of drug-likeness (QED) is 0.453. The minimum absolute atomic E-state index is 0.0207. The van der Waals surface area contributed by atoms with Gasteiger partial charge in [-0.25, -0.2) is 0 Å². The van der Waals surface area contributed by atoms with Crippen molar-refractivity contribution in [3.05, 3.63) is 62.3 Å². The Hall–Kier alpha value is -2.58. The standard InChI is InChI=1S/C18H10BrClF2N2O3/c19-13-14(23)16-15(11-7-8(20)1-6-12(11)27-16)24(17(13)25)9-2-4-10(5-3-9)26-18(21)22/h1-7,18H,23H2. The number of ether oxygens (including phenoxy) is 1. The summed E-state index contributed by atoms with van der Waals surface area (Å²) in [4.78, 5) is 12.9. The number of nitrogens with zero attached hydrogens (tertiary/aromatic N) is 1. The van der Waals surface area contributed by atoms with Crippen molar-refractivity contribution >= 4 is 55.3 Å². The van der Waals surface area contributed by atoms with Crippen LogP contribution in [-0.4, -0.2) is 11.2 Å². The summed E-state index contributed by atoms with van der Waals surface area (Å²) in [5, 5.41) is 1.06. The van der Waals surface area contributed by atoms with Crippen molar-refractivity contribution in [3.8, 4) is 11.4 Å². The van der Waals surface area contributed by atoms with Gasteiger partial charge in [-0.1, -0.05) is 11.6 Å². The van der Waals surface area contributed by atoms with E-state index in [0.29, 0.717) is 32.8 Å². The third-order valence-corrected chi connectivity index (χ3v) is 5.04. The average Bonchev–Trinajstić information content (AvgIpc) is 2.99. The summed E-state index contributed by atoms with van der Waals surface area (Å²) in [7, 11) is 0. The van der Waals surface area contributed by atoms with Gasteiger partial charge in [0.15, 0.2) is 5.58 Å². The molecule has 0 spiro atoms. The van der Waals surface area contributed by atoms with Gasteiger partial charge in [-0.2, -0.15) is 8.78 Å². The van der Waals surface area contributed by atoms with Gasteiger partial charge in [0.1, 0.15) is 21.3 Å². The van der Waals surface area contributed by atoms with Crippen molar-refractivity contribution in [1.29, 1.82) is 0 Å². The molecule has 0 fully saturated rings. The number of fused-ring (bicyclic) bond motifs is 3. The van der Waals surface area contributed by atoms with Crippen LogP contribution < -0.4 is 16.0 Å². The average molecular weight is 456 g/mol. The third kappa shape index (κ3) is 2.94. The predicted octanol–water partition coefficient (Wildman–Crippen LogP) is 5.34. The van der Waals surface area contributed by atoms with Crippen LogP contribution in [0.4, 0.5) is 14.5 Å². The van der Waals surface area contributed by atoms with Crippen LogP contribution in [0.1, 0.15) is 0 Å². The highest BCUT2D eigenvalue weighted by Gasteiger charge is 2.21. The van der Waals surface area contributed by atoms with Crippen LogP contribution in [0, 0.1) is 0 Å². The summed E-state index contributed by atoms with van der Waals surface area (Å²) in [6.45, 7) is -2.93. The number of benzene rings is 2. The molecule has 2 aromatic carbocycles. The number of anilines is 1. The van der Waals surface area contributed by atoms with E-state index in [4.69, 9.17) is 21.8 Å². The molecule has 27 heavy (non-hydrogen) atoms. The van der Waals surface area contributed by atoms with Crippen LogP contribution >= 0.6 is 27.5 Å². The zero-order valence-electron chi connectivity index (χ0n) is 13.4. The molecule has 2 N–H and O–H groups in total. The Labute approximate surface area is 164 Å². The van der Waals surface area contributed by atoms with Gasteiger partial charge in [-0.3, -0.25) is 9.36 Å². The fourth-order valence-electron chi connectivity index (χ4n) is 2.90. The fourth-order valence-corrected chi connectivity index (χ4v) is 3.43. The topological polar surface area (TPSA) is 70.4 Å². The maximum atomic E-state index is 12.9. The molecular weight excluding hydrogens is 446 g/mol. The lowest BCUT2D eigenvalue weighted by Gasteiger charge is -2.11. The summed E-state index contributed by atoms with van der Waals surface area (Å²) in [5.41, 5.74) is 7.47. The molecule has 0 radical (unpaired) electrons. The van der Waals surface area contributed by atoms with E-state index in [1.807, 2.05) is 0 Å². The summed E-state index contributed by atoms with van der Waals surface area (Å²) in [5.74, 6) is -0.0207. The Morgan fingerprint density at radius 2 is 1.89 bits per heavy atom. The highest BCUT2D eigenvalue weighted by atomic mass is 79.9. The van der Waals surface area contributed by atoms with Gasteiger partial charge in [0.05, 0.1) is 5.69 Å². The van der Waals surface area contributed by atoms with Crippen LogP contribution in [0.5, 0.6) is 5.75 Å². The largest absolute Gasteiger partial charge is 0.452 e. The molecule has 0 saturated carbocycles. The summed E-state index contributed by atoms with van der Waals surface area (Å²) < 4.78 is 36.4. The molecule has 0 aliphatic carbocycles. The number of pyridine rings is 1. The Bertz CT molecular complexity index is 1240. The van der Waals surface area contributed by atoms with Crippen molar-refractivity contribution in [2.75, 3.05) is 5.73 Å². The highest BCUT2D eigenvalue weighted by molar-refractivity contribution is 9.10. The minimum Gasteiger partial charge on any atom is -0.452 e. The van der Waals surface area contributed by atoms with E-state index >= 15 is 0 Å². The Morgan fingerprint density at radius 3 is 2.56 bits per heavy atom. The molecule has 4 aromatic rings. The van der Waals surface area contributed by atoms with E-state index in [9.17, 15) is 13.6 Å². The van der Waals surface area contributed by atoms with Gasteiger partial charge in [0.2, 0.25) is 0 Å². The van der Waals surface area contributed by atoms with Crippen LogP contribution in [-0.2, 0) is 0 Å². The molecule has 0 amide bonds. The molecule has 138 valence electrons. The SMILES string of the molecule is Nc1c(Br)c(=O)n(-c2ccc(OC(F)F)cc2)c2c1oc1ccc(Cl)cc12. The molecule has 0 bridgehead atoms. The molecule has 9 heteroatoms. The van der Waals surface area contributed by atoms with Crippen molar-refractivity contribution < 1.29 is 17.9 Å². The second-order valence-electron chi connectivity index (χ2n) is 5.66. The summed E-state index contributed by atoms with van der Waals surface area (Å²) >= 11 is 9.30. The van der Waals surface area contributed by atoms with Crippen LogP contribution in [0.15, 0.2) is 56.1 Å². The number of nitrogens with two attached hydrogens (primary N) is 1. The van der Waals surface area contributed by atoms with Gasteiger partial charge in [-0.15, -0.1) is 0 Å². The zero-order valence-corrected chi connectivity index (χ0v) is 15.7. The number of alkyl halides is 2. The number of nitrogen functional groups attached to an aromatic ring is 1. The van der Waals surface area contributed by atoms with Crippen molar-refractivity contribution in [1.82, 2.24) is 4.57 Å². The van der Waals surface area contributed by atoms with Gasteiger partial charge >= 0.3 is 6.61 Å². The molecule has 0 atom stereocenters. The lowest BCUT2D eigenvalue weighted by molar-refractivity contribution is -0.0498. The van der Waals surface area contributed by atoms with Gasteiger partial charge < -0.3 is 14.9 Å². The second kappa shape index (κ2) is 6.54. The van der Waals surface area contributed by atoms with E-state index in [1.165, 1.54) is 28.8 Å². The summed E-state index contributed by atoms with van der Waals surface area (Å²) in [6, 6.07) is 10.7. The monoisotopic (exact) mass is 454 g/mol. The number of halogens is 4. The molecule has 2 heterocycles. The number of aromatic nitrogens is 1. The lowest BCUT2D eigenvalue weighted by Crippen LogP contribution is -2.20. The second-order valence-corrected chi connectivity index (χ2v) is 6.89. The predicted molar refractivity (Wildman–Crippen MR) is 103 cm³/mol. The maximum Gasteiger partial charge on any atom is 0.387 e. The number of hydrogen-bond donors (Lipinski definition) is 1. The molecule has 4 rings (SSSR count). The first-order valence-electron chi connectivity index (χ1n) is 7.64. The smallest absolute Gasteiger partial charge is 0.387 e. The van der Waals surface area contributed by atoms with E-state index in [0.717, 1.165) is 0 Å². The third-order valence-electron chi connectivity index (χ3n) is 4.04. The lowest BCUT2D eigenvalue weighted by atomic mass is 10.2. The Balaban J connectivity index is 2.06. The molecule has 0 aliphatic rings. The first kappa shape index (κ1) is 17.8. The van der Waals surface area contributed by atoms with Crippen LogP contribution in [0.2, 0.25) is 5.02 Å². The van der Waals surface area contributed by atoms with E-state index in [2.05, 4.69) is 20.7 Å².